The van der Waals surface area contributed by atoms with E-state index in [2.05, 4.69) is 12.2 Å². The second-order valence-electron chi connectivity index (χ2n) is 6.10. The molecule has 120 valence electrons. The first-order valence-corrected chi connectivity index (χ1v) is 9.20. The first-order valence-electron chi connectivity index (χ1n) is 7.76. The average molecular weight is 314 g/mol. The summed E-state index contributed by atoms with van der Waals surface area (Å²) in [5, 5.41) is 3.28. The van der Waals surface area contributed by atoms with Crippen molar-refractivity contribution < 1.29 is 12.8 Å². The number of nitrogens with zero attached hydrogens (tertiary/aromatic N) is 1. The summed E-state index contributed by atoms with van der Waals surface area (Å²) in [6.07, 6.45) is 2.95. The molecule has 1 aromatic rings. The fourth-order valence-electron chi connectivity index (χ4n) is 2.26. The van der Waals surface area contributed by atoms with Gasteiger partial charge in [0, 0.05) is 12.6 Å². The molecule has 0 saturated heterocycles. The van der Waals surface area contributed by atoms with Crippen molar-refractivity contribution in [2.24, 2.45) is 5.92 Å². The van der Waals surface area contributed by atoms with Gasteiger partial charge in [-0.1, -0.05) is 20.8 Å². The Morgan fingerprint density at radius 1 is 1.38 bits per heavy atom. The normalized spacial score (nSPS) is 16.0. The topological polar surface area (TPSA) is 62.6 Å². The Morgan fingerprint density at radius 3 is 2.67 bits per heavy atom. The van der Waals surface area contributed by atoms with Gasteiger partial charge in [-0.2, -0.15) is 4.31 Å². The van der Waals surface area contributed by atoms with Crippen molar-refractivity contribution in [3.05, 3.63) is 17.9 Å². The van der Waals surface area contributed by atoms with Gasteiger partial charge in [0.1, 0.15) is 5.76 Å². The number of rotatable bonds is 9. The highest BCUT2D eigenvalue weighted by atomic mass is 32.2. The Bertz CT molecular complexity index is 547. The summed E-state index contributed by atoms with van der Waals surface area (Å²) >= 11 is 0. The van der Waals surface area contributed by atoms with E-state index in [1.807, 2.05) is 13.8 Å². The molecule has 6 heteroatoms. The summed E-state index contributed by atoms with van der Waals surface area (Å²) < 4.78 is 32.6. The van der Waals surface area contributed by atoms with Crippen molar-refractivity contribution in [3.8, 4) is 0 Å². The minimum Gasteiger partial charge on any atom is -0.447 e. The standard InChI is InChI=1S/C15H26N2O3S/c1-4-9-16-10-14-7-8-15(20-14)21(18,19)17(11-12(2)3)13-5-6-13/h7-8,12-13,16H,4-6,9-11H2,1-3H3. The van der Waals surface area contributed by atoms with Gasteiger partial charge in [-0.25, -0.2) is 8.42 Å². The lowest BCUT2D eigenvalue weighted by molar-refractivity contribution is 0.335. The third kappa shape index (κ3) is 4.31. The molecule has 0 aromatic carbocycles. The molecule has 0 spiro atoms. The maximum absolute atomic E-state index is 12.7. The lowest BCUT2D eigenvalue weighted by Crippen LogP contribution is -2.35. The molecule has 0 aliphatic heterocycles. The van der Waals surface area contributed by atoms with Gasteiger partial charge in [-0.05, 0) is 43.9 Å². The number of nitrogens with one attached hydrogen (secondary N) is 1. The summed E-state index contributed by atoms with van der Waals surface area (Å²) in [4.78, 5) is 0. The molecule has 0 amide bonds. The molecule has 0 atom stereocenters. The quantitative estimate of drug-likeness (QED) is 0.712. The van der Waals surface area contributed by atoms with Gasteiger partial charge in [0.25, 0.3) is 10.0 Å². The zero-order chi connectivity index (χ0) is 15.5. The molecule has 0 bridgehead atoms. The summed E-state index contributed by atoms with van der Waals surface area (Å²) in [5.74, 6) is 0.975. The van der Waals surface area contributed by atoms with Crippen molar-refractivity contribution in [2.75, 3.05) is 13.1 Å². The molecule has 2 rings (SSSR count). The predicted molar refractivity (Wildman–Crippen MR) is 82.5 cm³/mol. The van der Waals surface area contributed by atoms with Crippen molar-refractivity contribution in [1.82, 2.24) is 9.62 Å². The Labute approximate surface area is 127 Å². The van der Waals surface area contributed by atoms with E-state index in [-0.39, 0.29) is 11.1 Å². The number of hydrogen-bond donors (Lipinski definition) is 1. The molecule has 1 aromatic heterocycles. The summed E-state index contributed by atoms with van der Waals surface area (Å²) in [6, 6.07) is 3.48. The van der Waals surface area contributed by atoms with E-state index < -0.39 is 10.0 Å². The van der Waals surface area contributed by atoms with E-state index in [1.165, 1.54) is 0 Å². The number of sulfonamides is 1. The zero-order valence-corrected chi connectivity index (χ0v) is 13.9. The van der Waals surface area contributed by atoms with E-state index in [9.17, 15) is 8.42 Å². The van der Waals surface area contributed by atoms with Crippen LogP contribution in [0.5, 0.6) is 0 Å². The van der Waals surface area contributed by atoms with E-state index in [0.29, 0.717) is 24.8 Å². The van der Waals surface area contributed by atoms with Gasteiger partial charge >= 0.3 is 0 Å². The highest BCUT2D eigenvalue weighted by molar-refractivity contribution is 7.89. The van der Waals surface area contributed by atoms with Crippen LogP contribution in [0.15, 0.2) is 21.6 Å². The second-order valence-corrected chi connectivity index (χ2v) is 7.92. The molecule has 1 heterocycles. The van der Waals surface area contributed by atoms with E-state index >= 15 is 0 Å². The Kier molecular flexibility index (Phi) is 5.46. The van der Waals surface area contributed by atoms with Gasteiger partial charge in [-0.15, -0.1) is 0 Å². The lowest BCUT2D eigenvalue weighted by Gasteiger charge is -2.22. The third-order valence-corrected chi connectivity index (χ3v) is 5.22. The molecule has 1 saturated carbocycles. The second kappa shape index (κ2) is 6.94. The largest absolute Gasteiger partial charge is 0.447 e. The Morgan fingerprint density at radius 2 is 2.10 bits per heavy atom. The minimum atomic E-state index is -3.50. The number of furan rings is 1. The third-order valence-electron chi connectivity index (χ3n) is 3.43. The fraction of sp³-hybridized carbons (Fsp3) is 0.733. The van der Waals surface area contributed by atoms with Gasteiger partial charge in [0.2, 0.25) is 5.09 Å². The molecule has 1 N–H and O–H groups in total. The first-order chi connectivity index (χ1) is 9.95. The average Bonchev–Trinajstić information content (AvgIpc) is 3.14. The zero-order valence-electron chi connectivity index (χ0n) is 13.1. The monoisotopic (exact) mass is 314 g/mol. The van der Waals surface area contributed by atoms with Crippen LogP contribution in [0.2, 0.25) is 0 Å². The van der Waals surface area contributed by atoms with Crippen molar-refractivity contribution in [1.29, 1.82) is 0 Å². The van der Waals surface area contributed by atoms with Crippen LogP contribution in [0.3, 0.4) is 0 Å². The van der Waals surface area contributed by atoms with E-state index in [0.717, 1.165) is 25.8 Å². The molecule has 21 heavy (non-hydrogen) atoms. The van der Waals surface area contributed by atoms with Crippen LogP contribution in [0, 0.1) is 5.92 Å². The van der Waals surface area contributed by atoms with Crippen molar-refractivity contribution in [2.45, 2.75) is 57.7 Å². The van der Waals surface area contributed by atoms with E-state index in [4.69, 9.17) is 4.42 Å². The number of hydrogen-bond acceptors (Lipinski definition) is 4. The van der Waals surface area contributed by atoms with Crippen LogP contribution in [-0.4, -0.2) is 31.9 Å². The first kappa shape index (κ1) is 16.5. The summed E-state index contributed by atoms with van der Waals surface area (Å²) in [7, 11) is -3.50. The summed E-state index contributed by atoms with van der Waals surface area (Å²) in [6.45, 7) is 8.17. The lowest BCUT2D eigenvalue weighted by atomic mass is 10.2. The van der Waals surface area contributed by atoms with E-state index in [1.54, 1.807) is 16.4 Å². The van der Waals surface area contributed by atoms with Crippen LogP contribution >= 0.6 is 0 Å². The van der Waals surface area contributed by atoms with Crippen molar-refractivity contribution in [3.63, 3.8) is 0 Å². The van der Waals surface area contributed by atoms with Crippen LogP contribution < -0.4 is 5.32 Å². The molecule has 0 radical (unpaired) electrons. The van der Waals surface area contributed by atoms with Crippen molar-refractivity contribution >= 4 is 10.0 Å². The smallest absolute Gasteiger partial charge is 0.276 e. The summed E-state index contributed by atoms with van der Waals surface area (Å²) in [5.41, 5.74) is 0. The Hall–Kier alpha value is -0.850. The molecule has 1 aliphatic rings. The molecule has 5 nitrogen and oxygen atoms in total. The highest BCUT2D eigenvalue weighted by Crippen LogP contribution is 2.33. The highest BCUT2D eigenvalue weighted by Gasteiger charge is 2.39. The van der Waals surface area contributed by atoms with Crippen LogP contribution in [0.1, 0.15) is 45.8 Å². The molecular weight excluding hydrogens is 288 g/mol. The molecule has 1 aliphatic carbocycles. The van der Waals surface area contributed by atoms with Crippen LogP contribution in [0.4, 0.5) is 0 Å². The minimum absolute atomic E-state index is 0.0725. The van der Waals surface area contributed by atoms with Gasteiger partial charge in [-0.3, -0.25) is 0 Å². The SMILES string of the molecule is CCCNCc1ccc(S(=O)(=O)N(CC(C)C)C2CC2)o1. The van der Waals surface area contributed by atoms with Gasteiger partial charge in [0.15, 0.2) is 0 Å². The molecular formula is C15H26N2O3S. The fourth-order valence-corrected chi connectivity index (χ4v) is 4.04. The maximum atomic E-state index is 12.7. The van der Waals surface area contributed by atoms with Gasteiger partial charge < -0.3 is 9.73 Å². The van der Waals surface area contributed by atoms with Crippen LogP contribution in [0.25, 0.3) is 0 Å². The maximum Gasteiger partial charge on any atom is 0.276 e. The molecule has 0 unspecified atom stereocenters. The van der Waals surface area contributed by atoms with Gasteiger partial charge in [0.05, 0.1) is 6.54 Å². The van der Waals surface area contributed by atoms with Crippen LogP contribution in [-0.2, 0) is 16.6 Å². The Balaban J connectivity index is 2.10. The predicted octanol–water partition coefficient (Wildman–Crippen LogP) is 2.59. The molecule has 1 fully saturated rings.